The molecule has 0 radical (unpaired) electrons. The molecule has 5 rings (SSSR count). The molecule has 1 fully saturated rings. The van der Waals surface area contributed by atoms with E-state index in [-0.39, 0.29) is 29.6 Å². The second-order valence-electron chi connectivity index (χ2n) is 9.93. The third kappa shape index (κ3) is 5.83. The topological polar surface area (TPSA) is 117 Å². The molecule has 2 N–H and O–H groups in total. The van der Waals surface area contributed by atoms with Gasteiger partial charge in [0.1, 0.15) is 6.04 Å². The standard InChI is InChI=1S/C28H29ClN6O3/c1-17-14-32-25(15-31-17)34-26(36)19-7-5-18(6-8-19)16-35-24(13-21-4-2-3-11-30-21)27(37)33-23-12-20(29)9-10-22(23)28(35)38/h2-4,9-12,14-15,18-19,24H,5-8,13,16H2,1H3,(H,33,37)(H,32,34,36)/t18-,19-,24-/m1/s1. The van der Waals surface area contributed by atoms with E-state index in [2.05, 4.69) is 25.6 Å². The van der Waals surface area contributed by atoms with Crippen molar-refractivity contribution in [3.05, 3.63) is 77.0 Å². The molecule has 0 spiro atoms. The highest BCUT2D eigenvalue weighted by Gasteiger charge is 2.38. The lowest BCUT2D eigenvalue weighted by Crippen LogP contribution is -2.49. The van der Waals surface area contributed by atoms with Gasteiger partial charge in [-0.1, -0.05) is 17.7 Å². The highest BCUT2D eigenvalue weighted by atomic mass is 35.5. The van der Waals surface area contributed by atoms with Gasteiger partial charge in [-0.15, -0.1) is 0 Å². The number of hydrogen-bond donors (Lipinski definition) is 2. The van der Waals surface area contributed by atoms with Gasteiger partial charge < -0.3 is 15.5 Å². The van der Waals surface area contributed by atoms with Gasteiger partial charge in [0.05, 0.1) is 29.3 Å². The minimum Gasteiger partial charge on any atom is -0.326 e. The summed E-state index contributed by atoms with van der Waals surface area (Å²) in [6.45, 7) is 2.26. The molecule has 3 heterocycles. The molecule has 1 aliphatic heterocycles. The number of nitrogens with zero attached hydrogens (tertiary/aromatic N) is 4. The van der Waals surface area contributed by atoms with Crippen molar-refractivity contribution in [3.8, 4) is 0 Å². The fraction of sp³-hybridized carbons (Fsp3) is 0.357. The molecule has 3 aromatic rings. The Bertz CT molecular complexity index is 1330. The minimum absolute atomic E-state index is 0.0642. The molecule has 9 nitrogen and oxygen atoms in total. The van der Waals surface area contributed by atoms with E-state index in [4.69, 9.17) is 11.6 Å². The number of aromatic nitrogens is 3. The number of nitrogens with one attached hydrogen (secondary N) is 2. The first-order valence-corrected chi connectivity index (χ1v) is 13.2. The molecular formula is C28H29ClN6O3. The maximum absolute atomic E-state index is 13.8. The molecule has 38 heavy (non-hydrogen) atoms. The second-order valence-corrected chi connectivity index (χ2v) is 10.4. The van der Waals surface area contributed by atoms with Crippen molar-refractivity contribution < 1.29 is 14.4 Å². The van der Waals surface area contributed by atoms with Gasteiger partial charge in [-0.25, -0.2) is 4.98 Å². The number of amides is 3. The van der Waals surface area contributed by atoms with Crippen LogP contribution in [0.15, 0.2) is 55.0 Å². The predicted octanol–water partition coefficient (Wildman–Crippen LogP) is 4.28. The maximum atomic E-state index is 13.8. The van der Waals surface area contributed by atoms with Crippen LogP contribution >= 0.6 is 11.6 Å². The van der Waals surface area contributed by atoms with E-state index in [1.54, 1.807) is 41.7 Å². The Kier molecular flexibility index (Phi) is 7.64. The fourth-order valence-corrected chi connectivity index (χ4v) is 5.33. The van der Waals surface area contributed by atoms with Crippen LogP contribution in [0.3, 0.4) is 0 Å². The summed E-state index contributed by atoms with van der Waals surface area (Å²) in [6, 6.07) is 9.74. The third-order valence-electron chi connectivity index (χ3n) is 7.24. The third-order valence-corrected chi connectivity index (χ3v) is 7.48. The first-order chi connectivity index (χ1) is 18.4. The number of carbonyl (C=O) groups excluding carboxylic acids is 3. The van der Waals surface area contributed by atoms with Gasteiger partial charge in [0, 0.05) is 35.8 Å². The number of halogens is 1. The van der Waals surface area contributed by atoms with Gasteiger partial charge in [0.25, 0.3) is 5.91 Å². The lowest BCUT2D eigenvalue weighted by molar-refractivity contribution is -0.121. The molecule has 0 bridgehead atoms. The van der Waals surface area contributed by atoms with Crippen LogP contribution in [0.1, 0.15) is 47.4 Å². The Morgan fingerprint density at radius 3 is 2.61 bits per heavy atom. The van der Waals surface area contributed by atoms with E-state index in [1.165, 1.54) is 0 Å². The van der Waals surface area contributed by atoms with Crippen LogP contribution in [-0.2, 0) is 16.0 Å². The summed E-state index contributed by atoms with van der Waals surface area (Å²) < 4.78 is 0. The molecular weight excluding hydrogens is 504 g/mol. The Hall–Kier alpha value is -3.85. The normalized spacial score (nSPS) is 21.3. The molecule has 1 saturated carbocycles. The lowest BCUT2D eigenvalue weighted by atomic mass is 9.81. The first-order valence-electron chi connectivity index (χ1n) is 12.8. The van der Waals surface area contributed by atoms with Crippen LogP contribution in [0.4, 0.5) is 11.5 Å². The number of fused-ring (bicyclic) bond motifs is 1. The van der Waals surface area contributed by atoms with Gasteiger partial charge in [-0.05, 0) is 68.9 Å². The van der Waals surface area contributed by atoms with E-state index in [0.717, 1.165) is 24.2 Å². The highest BCUT2D eigenvalue weighted by Crippen LogP contribution is 2.33. The van der Waals surface area contributed by atoms with E-state index in [9.17, 15) is 14.4 Å². The molecule has 3 amide bonds. The van der Waals surface area contributed by atoms with Gasteiger partial charge in [0.15, 0.2) is 5.82 Å². The number of carbonyl (C=O) groups is 3. The Morgan fingerprint density at radius 1 is 1.08 bits per heavy atom. The number of hydrogen-bond acceptors (Lipinski definition) is 6. The Balaban J connectivity index is 1.30. The smallest absolute Gasteiger partial charge is 0.256 e. The van der Waals surface area contributed by atoms with Gasteiger partial charge in [-0.3, -0.25) is 24.4 Å². The van der Waals surface area contributed by atoms with Crippen LogP contribution in [0.2, 0.25) is 5.02 Å². The molecule has 1 atom stereocenters. The summed E-state index contributed by atoms with van der Waals surface area (Å²) in [6.07, 6.45) is 8.09. The van der Waals surface area contributed by atoms with E-state index in [1.807, 2.05) is 25.1 Å². The average Bonchev–Trinajstić information content (AvgIpc) is 3.00. The minimum atomic E-state index is -0.718. The van der Waals surface area contributed by atoms with Crippen LogP contribution in [0.5, 0.6) is 0 Å². The zero-order chi connectivity index (χ0) is 26.6. The number of rotatable bonds is 6. The average molecular weight is 533 g/mol. The summed E-state index contributed by atoms with van der Waals surface area (Å²) in [7, 11) is 0. The number of aryl methyl sites for hydroxylation is 1. The van der Waals surface area contributed by atoms with Crippen LogP contribution in [0.25, 0.3) is 0 Å². The monoisotopic (exact) mass is 532 g/mol. The van der Waals surface area contributed by atoms with E-state index >= 15 is 0 Å². The summed E-state index contributed by atoms with van der Waals surface area (Å²) in [5, 5.41) is 6.20. The summed E-state index contributed by atoms with van der Waals surface area (Å²) >= 11 is 6.15. The quantitative estimate of drug-likeness (QED) is 0.489. The summed E-state index contributed by atoms with van der Waals surface area (Å²) in [4.78, 5) is 54.4. The number of pyridine rings is 1. The largest absolute Gasteiger partial charge is 0.326 e. The molecule has 196 valence electrons. The van der Waals surface area contributed by atoms with Crippen LogP contribution < -0.4 is 10.6 Å². The zero-order valence-corrected chi connectivity index (χ0v) is 21.8. The molecule has 1 aliphatic carbocycles. The molecule has 0 saturated heterocycles. The van der Waals surface area contributed by atoms with Gasteiger partial charge >= 0.3 is 0 Å². The fourth-order valence-electron chi connectivity index (χ4n) is 5.16. The first kappa shape index (κ1) is 25.8. The van der Waals surface area contributed by atoms with Crippen molar-refractivity contribution >= 4 is 40.8 Å². The number of anilines is 2. The maximum Gasteiger partial charge on any atom is 0.256 e. The van der Waals surface area contributed by atoms with Crippen molar-refractivity contribution in [2.75, 3.05) is 17.2 Å². The molecule has 0 unspecified atom stereocenters. The second kappa shape index (κ2) is 11.3. The summed E-state index contributed by atoms with van der Waals surface area (Å²) in [5.74, 6) is -0.0727. The Labute approximate surface area is 226 Å². The van der Waals surface area contributed by atoms with E-state index < -0.39 is 6.04 Å². The molecule has 2 aliphatic rings. The van der Waals surface area contributed by atoms with Crippen molar-refractivity contribution in [2.45, 2.75) is 45.1 Å². The predicted molar refractivity (Wildman–Crippen MR) is 144 cm³/mol. The van der Waals surface area contributed by atoms with Crippen LogP contribution in [-0.4, -0.2) is 50.2 Å². The molecule has 2 aromatic heterocycles. The zero-order valence-electron chi connectivity index (χ0n) is 21.1. The van der Waals surface area contributed by atoms with Crippen molar-refractivity contribution in [2.24, 2.45) is 11.8 Å². The Morgan fingerprint density at radius 2 is 1.89 bits per heavy atom. The highest BCUT2D eigenvalue weighted by molar-refractivity contribution is 6.31. The van der Waals surface area contributed by atoms with Crippen molar-refractivity contribution in [1.29, 1.82) is 0 Å². The van der Waals surface area contributed by atoms with E-state index in [0.29, 0.717) is 47.9 Å². The lowest BCUT2D eigenvalue weighted by Gasteiger charge is -2.35. The van der Waals surface area contributed by atoms with Crippen molar-refractivity contribution in [1.82, 2.24) is 19.9 Å². The van der Waals surface area contributed by atoms with Crippen molar-refractivity contribution in [3.63, 3.8) is 0 Å². The molecule has 1 aromatic carbocycles. The van der Waals surface area contributed by atoms with Crippen LogP contribution in [0, 0.1) is 18.8 Å². The summed E-state index contributed by atoms with van der Waals surface area (Å²) in [5.41, 5.74) is 2.35. The number of benzene rings is 1. The SMILES string of the molecule is Cc1cnc(NC(=O)[C@H]2CC[C@H](CN3C(=O)c4ccc(Cl)cc4NC(=O)[C@H]3Cc3ccccn3)CC2)cn1. The molecule has 10 heteroatoms. The van der Waals surface area contributed by atoms with Gasteiger partial charge in [0.2, 0.25) is 11.8 Å². The van der Waals surface area contributed by atoms with Gasteiger partial charge in [-0.2, -0.15) is 0 Å².